The zero-order chi connectivity index (χ0) is 18.6. The van der Waals surface area contributed by atoms with Crippen molar-refractivity contribution in [3.8, 4) is 5.75 Å². The lowest BCUT2D eigenvalue weighted by atomic mass is 10.1. The molecule has 2 rings (SSSR count). The summed E-state index contributed by atoms with van der Waals surface area (Å²) in [6, 6.07) is 9.19. The molecule has 0 aliphatic heterocycles. The minimum Gasteiger partial charge on any atom is -0.492 e. The molecule has 0 spiro atoms. The van der Waals surface area contributed by atoms with Crippen LogP contribution in [0.2, 0.25) is 5.02 Å². The summed E-state index contributed by atoms with van der Waals surface area (Å²) in [5.74, 6) is 0.313. The molecule has 25 heavy (non-hydrogen) atoms. The molecule has 0 fully saturated rings. The number of nitrogens with one attached hydrogen (secondary N) is 1. The molecule has 0 bridgehead atoms. The second kappa shape index (κ2) is 8.31. The Morgan fingerprint density at radius 2 is 2.04 bits per heavy atom. The smallest absolute Gasteiger partial charge is 0.289 e. The van der Waals surface area contributed by atoms with Gasteiger partial charge in [0.2, 0.25) is 0 Å². The highest BCUT2D eigenvalue weighted by molar-refractivity contribution is 9.10. The number of nitro benzene ring substituents is 1. The summed E-state index contributed by atoms with van der Waals surface area (Å²) in [4.78, 5) is 22.9. The van der Waals surface area contributed by atoms with E-state index in [1.165, 1.54) is 18.2 Å². The first-order valence-corrected chi connectivity index (χ1v) is 8.62. The quantitative estimate of drug-likeness (QED) is 0.501. The largest absolute Gasteiger partial charge is 0.492 e. The van der Waals surface area contributed by atoms with Crippen molar-refractivity contribution >= 4 is 44.8 Å². The Balaban J connectivity index is 2.27. The first-order chi connectivity index (χ1) is 11.8. The van der Waals surface area contributed by atoms with E-state index in [9.17, 15) is 14.9 Å². The molecular formula is C17H16BrClN2O4. The fraction of sp³-hybridized carbons (Fsp3) is 0.235. The number of rotatable bonds is 6. The van der Waals surface area contributed by atoms with Crippen molar-refractivity contribution in [2.24, 2.45) is 5.92 Å². The minimum absolute atomic E-state index is 0.00594. The molecule has 0 radical (unpaired) electrons. The van der Waals surface area contributed by atoms with Crippen LogP contribution in [0.4, 0.5) is 11.4 Å². The van der Waals surface area contributed by atoms with Gasteiger partial charge in [0.05, 0.1) is 17.1 Å². The van der Waals surface area contributed by atoms with Crippen molar-refractivity contribution in [1.82, 2.24) is 0 Å². The highest BCUT2D eigenvalue weighted by Gasteiger charge is 2.17. The van der Waals surface area contributed by atoms with Crippen molar-refractivity contribution in [2.75, 3.05) is 11.9 Å². The second-order valence-electron chi connectivity index (χ2n) is 5.72. The monoisotopic (exact) mass is 426 g/mol. The minimum atomic E-state index is -0.603. The SMILES string of the molecule is CC(C)COc1ccc(Br)cc1C(=O)Nc1ccc(Cl)c([N+](=O)[O-])c1. The van der Waals surface area contributed by atoms with Gasteiger partial charge in [-0.15, -0.1) is 0 Å². The molecule has 0 aliphatic rings. The van der Waals surface area contributed by atoms with E-state index < -0.39 is 10.8 Å². The fourth-order valence-corrected chi connectivity index (χ4v) is 2.54. The summed E-state index contributed by atoms with van der Waals surface area (Å²) in [5.41, 5.74) is 0.327. The number of hydrogen-bond donors (Lipinski definition) is 1. The molecule has 0 atom stereocenters. The van der Waals surface area contributed by atoms with Crippen LogP contribution in [-0.2, 0) is 0 Å². The van der Waals surface area contributed by atoms with Gasteiger partial charge in [0.1, 0.15) is 10.8 Å². The lowest BCUT2D eigenvalue weighted by Crippen LogP contribution is -2.15. The number of hydrogen-bond acceptors (Lipinski definition) is 4. The summed E-state index contributed by atoms with van der Waals surface area (Å²) >= 11 is 9.11. The molecule has 8 heteroatoms. The maximum atomic E-state index is 12.6. The Bertz CT molecular complexity index is 811. The van der Waals surface area contributed by atoms with Crippen molar-refractivity contribution in [1.29, 1.82) is 0 Å². The number of ether oxygens (including phenoxy) is 1. The molecule has 0 saturated carbocycles. The molecule has 1 N–H and O–H groups in total. The molecule has 0 unspecified atom stereocenters. The van der Waals surface area contributed by atoms with Crippen LogP contribution in [0.25, 0.3) is 0 Å². The Hall–Kier alpha value is -2.12. The molecule has 0 saturated heterocycles. The number of carbonyl (C=O) groups excluding carboxylic acids is 1. The molecule has 1 amide bonds. The van der Waals surface area contributed by atoms with E-state index in [1.807, 2.05) is 13.8 Å². The number of nitrogens with zero attached hydrogens (tertiary/aromatic N) is 1. The van der Waals surface area contributed by atoms with E-state index in [2.05, 4.69) is 21.2 Å². The van der Waals surface area contributed by atoms with Gasteiger partial charge in [-0.05, 0) is 36.2 Å². The first-order valence-electron chi connectivity index (χ1n) is 7.45. The van der Waals surface area contributed by atoms with E-state index in [0.717, 1.165) is 4.47 Å². The summed E-state index contributed by atoms with van der Waals surface area (Å²) in [6.45, 7) is 4.48. The standard InChI is InChI=1S/C17H16BrClN2O4/c1-10(2)9-25-16-6-3-11(18)7-13(16)17(22)20-12-4-5-14(19)15(8-12)21(23)24/h3-8,10H,9H2,1-2H3,(H,20,22). The zero-order valence-electron chi connectivity index (χ0n) is 13.6. The third-order valence-corrected chi connectivity index (χ3v) is 3.97. The molecule has 132 valence electrons. The zero-order valence-corrected chi connectivity index (χ0v) is 15.9. The molecule has 2 aromatic rings. The number of anilines is 1. The Morgan fingerprint density at radius 3 is 2.68 bits per heavy atom. The van der Waals surface area contributed by atoms with Crippen LogP contribution >= 0.6 is 27.5 Å². The number of carbonyl (C=O) groups is 1. The highest BCUT2D eigenvalue weighted by atomic mass is 79.9. The van der Waals surface area contributed by atoms with Crippen molar-refractivity contribution in [2.45, 2.75) is 13.8 Å². The van der Waals surface area contributed by atoms with Gasteiger partial charge in [-0.25, -0.2) is 0 Å². The Morgan fingerprint density at radius 1 is 1.32 bits per heavy atom. The van der Waals surface area contributed by atoms with Gasteiger partial charge in [0.15, 0.2) is 0 Å². The van der Waals surface area contributed by atoms with Crippen LogP contribution in [0.15, 0.2) is 40.9 Å². The van der Waals surface area contributed by atoms with Gasteiger partial charge >= 0.3 is 0 Å². The van der Waals surface area contributed by atoms with E-state index >= 15 is 0 Å². The average molecular weight is 428 g/mol. The van der Waals surface area contributed by atoms with Gasteiger partial charge in [0.25, 0.3) is 11.6 Å². The van der Waals surface area contributed by atoms with E-state index in [1.54, 1.807) is 18.2 Å². The number of nitro groups is 1. The van der Waals surface area contributed by atoms with Crippen LogP contribution in [0.1, 0.15) is 24.2 Å². The van der Waals surface area contributed by atoms with Crippen LogP contribution in [-0.4, -0.2) is 17.4 Å². The maximum absolute atomic E-state index is 12.6. The topological polar surface area (TPSA) is 81.5 Å². The Labute approximate surface area is 158 Å². The van der Waals surface area contributed by atoms with Crippen LogP contribution in [0.3, 0.4) is 0 Å². The summed E-state index contributed by atoms with van der Waals surface area (Å²) < 4.78 is 6.40. The number of amides is 1. The molecule has 0 aliphatic carbocycles. The van der Waals surface area contributed by atoms with E-state index in [-0.39, 0.29) is 16.4 Å². The summed E-state index contributed by atoms with van der Waals surface area (Å²) in [5, 5.41) is 13.6. The number of halogens is 2. The van der Waals surface area contributed by atoms with Gasteiger partial charge in [-0.1, -0.05) is 41.4 Å². The van der Waals surface area contributed by atoms with Crippen molar-refractivity contribution in [3.63, 3.8) is 0 Å². The molecule has 2 aromatic carbocycles. The Kier molecular flexibility index (Phi) is 6.39. The average Bonchev–Trinajstić information content (AvgIpc) is 2.55. The fourth-order valence-electron chi connectivity index (χ4n) is 1.99. The normalized spacial score (nSPS) is 10.6. The predicted molar refractivity (Wildman–Crippen MR) is 101 cm³/mol. The van der Waals surface area contributed by atoms with E-state index in [0.29, 0.717) is 23.8 Å². The molecular weight excluding hydrogens is 412 g/mol. The lowest BCUT2D eigenvalue weighted by Gasteiger charge is -2.14. The third kappa shape index (κ3) is 5.17. The predicted octanol–water partition coefficient (Wildman–Crippen LogP) is 5.30. The summed E-state index contributed by atoms with van der Waals surface area (Å²) in [6.07, 6.45) is 0. The van der Waals surface area contributed by atoms with Gasteiger partial charge < -0.3 is 10.1 Å². The van der Waals surface area contributed by atoms with Crippen molar-refractivity contribution in [3.05, 3.63) is 61.6 Å². The highest BCUT2D eigenvalue weighted by Crippen LogP contribution is 2.29. The van der Waals surface area contributed by atoms with Gasteiger partial charge in [-0.3, -0.25) is 14.9 Å². The van der Waals surface area contributed by atoms with Gasteiger partial charge in [0, 0.05) is 16.2 Å². The molecule has 0 heterocycles. The van der Waals surface area contributed by atoms with Crippen LogP contribution < -0.4 is 10.1 Å². The number of benzene rings is 2. The third-order valence-electron chi connectivity index (χ3n) is 3.16. The lowest BCUT2D eigenvalue weighted by molar-refractivity contribution is -0.384. The molecule has 0 aromatic heterocycles. The van der Waals surface area contributed by atoms with Crippen LogP contribution in [0, 0.1) is 16.0 Å². The van der Waals surface area contributed by atoms with Crippen LogP contribution in [0.5, 0.6) is 5.75 Å². The molecule has 6 nitrogen and oxygen atoms in total. The second-order valence-corrected chi connectivity index (χ2v) is 7.05. The van der Waals surface area contributed by atoms with E-state index in [4.69, 9.17) is 16.3 Å². The van der Waals surface area contributed by atoms with Crippen molar-refractivity contribution < 1.29 is 14.5 Å². The summed E-state index contributed by atoms with van der Waals surface area (Å²) in [7, 11) is 0. The first kappa shape index (κ1) is 19.2. The van der Waals surface area contributed by atoms with Gasteiger partial charge in [-0.2, -0.15) is 0 Å². The maximum Gasteiger partial charge on any atom is 0.289 e.